The molecule has 1 heterocycles. The topological polar surface area (TPSA) is 110 Å². The molecule has 8 nitrogen and oxygen atoms in total. The number of rotatable bonds is 5. The van der Waals surface area contributed by atoms with E-state index in [9.17, 15) is 14.9 Å². The van der Waals surface area contributed by atoms with E-state index in [2.05, 4.69) is 10.4 Å². The van der Waals surface area contributed by atoms with E-state index in [-0.39, 0.29) is 23.7 Å². The summed E-state index contributed by atoms with van der Waals surface area (Å²) in [7, 11) is 0. The van der Waals surface area contributed by atoms with Crippen LogP contribution in [0.2, 0.25) is 0 Å². The number of aryl methyl sites for hydroxylation is 1. The first kappa shape index (κ1) is 15.3. The van der Waals surface area contributed by atoms with Crippen molar-refractivity contribution in [1.82, 2.24) is 9.78 Å². The van der Waals surface area contributed by atoms with Crippen molar-refractivity contribution >= 4 is 17.5 Å². The average molecular weight is 296 g/mol. The molecule has 1 aliphatic carbocycles. The zero-order chi connectivity index (χ0) is 15.7. The molecule has 116 valence electrons. The van der Waals surface area contributed by atoms with Crippen LogP contribution in [-0.2, 0) is 4.79 Å². The zero-order valence-corrected chi connectivity index (χ0v) is 12.4. The number of anilines is 1. The fourth-order valence-electron chi connectivity index (χ4n) is 2.80. The maximum atomic E-state index is 11.2. The molecule has 1 aromatic heterocycles. The Bertz CT molecular complexity index is 567. The maximum Gasteiger partial charge on any atom is 0.333 e. The highest BCUT2D eigenvalue weighted by atomic mass is 16.6. The van der Waals surface area contributed by atoms with Crippen LogP contribution in [0.1, 0.15) is 44.8 Å². The highest BCUT2D eigenvalue weighted by molar-refractivity contribution is 5.70. The maximum absolute atomic E-state index is 11.2. The Labute approximate surface area is 122 Å². The number of nitro groups is 1. The minimum Gasteiger partial charge on any atom is -0.481 e. The fourth-order valence-corrected chi connectivity index (χ4v) is 2.80. The van der Waals surface area contributed by atoms with Crippen molar-refractivity contribution in [2.45, 2.75) is 52.1 Å². The summed E-state index contributed by atoms with van der Waals surface area (Å²) < 4.78 is 1.60. The van der Waals surface area contributed by atoms with Crippen molar-refractivity contribution < 1.29 is 14.8 Å². The standard InChI is InChI=1S/C13H20N4O4/c1-7(2)16-12(11(17(20)21)8(3)15-16)14-10-5-4-9(6-10)13(18)19/h7,9-10,14H,4-6H2,1-3H3,(H,18,19)/t9-,10+/m1/s1. The number of hydrogen-bond donors (Lipinski definition) is 2. The second-order valence-electron chi connectivity index (χ2n) is 5.77. The first-order chi connectivity index (χ1) is 9.81. The lowest BCUT2D eigenvalue weighted by Gasteiger charge is -2.16. The highest BCUT2D eigenvalue weighted by Crippen LogP contribution is 2.34. The Morgan fingerprint density at radius 2 is 2.19 bits per heavy atom. The number of carboxylic acids is 1. The van der Waals surface area contributed by atoms with E-state index in [1.165, 1.54) is 0 Å². The van der Waals surface area contributed by atoms with Gasteiger partial charge in [-0.15, -0.1) is 0 Å². The molecule has 0 bridgehead atoms. The third-order valence-corrected chi connectivity index (χ3v) is 3.85. The van der Waals surface area contributed by atoms with Crippen LogP contribution in [0.4, 0.5) is 11.5 Å². The lowest BCUT2D eigenvalue weighted by Crippen LogP contribution is -2.21. The van der Waals surface area contributed by atoms with Crippen molar-refractivity contribution in [1.29, 1.82) is 0 Å². The van der Waals surface area contributed by atoms with Gasteiger partial charge in [-0.1, -0.05) is 0 Å². The van der Waals surface area contributed by atoms with Gasteiger partial charge in [0.05, 0.1) is 10.8 Å². The number of hydrogen-bond acceptors (Lipinski definition) is 5. The van der Waals surface area contributed by atoms with Crippen molar-refractivity contribution in [3.63, 3.8) is 0 Å². The Kier molecular flexibility index (Phi) is 4.15. The van der Waals surface area contributed by atoms with Gasteiger partial charge in [0.25, 0.3) is 0 Å². The van der Waals surface area contributed by atoms with Gasteiger partial charge in [-0.2, -0.15) is 5.10 Å². The first-order valence-corrected chi connectivity index (χ1v) is 7.04. The molecular formula is C13H20N4O4. The van der Waals surface area contributed by atoms with Gasteiger partial charge >= 0.3 is 11.7 Å². The number of carboxylic acid groups (broad SMARTS) is 1. The van der Waals surface area contributed by atoms with E-state index in [0.29, 0.717) is 30.8 Å². The normalized spacial score (nSPS) is 21.7. The van der Waals surface area contributed by atoms with Crippen molar-refractivity contribution in [3.05, 3.63) is 15.8 Å². The molecule has 1 aromatic rings. The smallest absolute Gasteiger partial charge is 0.333 e. The van der Waals surface area contributed by atoms with Crippen LogP contribution >= 0.6 is 0 Å². The number of aromatic nitrogens is 2. The van der Waals surface area contributed by atoms with E-state index >= 15 is 0 Å². The Hall–Kier alpha value is -2.12. The zero-order valence-electron chi connectivity index (χ0n) is 12.4. The molecule has 1 fully saturated rings. The summed E-state index contributed by atoms with van der Waals surface area (Å²) in [5.41, 5.74) is 0.339. The molecule has 2 N–H and O–H groups in total. The molecule has 0 spiro atoms. The summed E-state index contributed by atoms with van der Waals surface area (Å²) in [6.45, 7) is 5.41. The van der Waals surface area contributed by atoms with E-state index in [1.54, 1.807) is 11.6 Å². The van der Waals surface area contributed by atoms with Crippen LogP contribution < -0.4 is 5.32 Å². The summed E-state index contributed by atoms with van der Waals surface area (Å²) in [6.07, 6.45) is 1.76. The largest absolute Gasteiger partial charge is 0.481 e. The second kappa shape index (κ2) is 5.71. The molecule has 0 aliphatic heterocycles. The van der Waals surface area contributed by atoms with Gasteiger partial charge in [0, 0.05) is 12.1 Å². The van der Waals surface area contributed by atoms with E-state index in [1.807, 2.05) is 13.8 Å². The van der Waals surface area contributed by atoms with Gasteiger partial charge in [0.1, 0.15) is 5.69 Å². The van der Waals surface area contributed by atoms with Crippen LogP contribution in [0.15, 0.2) is 0 Å². The predicted octanol–water partition coefficient (Wildman–Crippen LogP) is 2.35. The van der Waals surface area contributed by atoms with E-state index < -0.39 is 10.9 Å². The monoisotopic (exact) mass is 296 g/mol. The minimum absolute atomic E-state index is 0.0171. The summed E-state index contributed by atoms with van der Waals surface area (Å²) in [5.74, 6) is -0.802. The van der Waals surface area contributed by atoms with E-state index in [0.717, 1.165) is 0 Å². The van der Waals surface area contributed by atoms with Gasteiger partial charge in [0.2, 0.25) is 5.82 Å². The molecule has 8 heteroatoms. The fraction of sp³-hybridized carbons (Fsp3) is 0.692. The summed E-state index contributed by atoms with van der Waals surface area (Å²) in [5, 5.41) is 27.6. The number of nitrogens with zero attached hydrogens (tertiary/aromatic N) is 3. The van der Waals surface area contributed by atoms with Gasteiger partial charge in [-0.3, -0.25) is 14.9 Å². The van der Waals surface area contributed by atoms with Crippen molar-refractivity contribution in [2.75, 3.05) is 5.32 Å². The predicted molar refractivity (Wildman–Crippen MR) is 76.4 cm³/mol. The molecule has 2 rings (SSSR count). The molecule has 0 amide bonds. The van der Waals surface area contributed by atoms with Crippen molar-refractivity contribution in [3.8, 4) is 0 Å². The number of aliphatic carboxylic acids is 1. The molecule has 1 aliphatic rings. The Morgan fingerprint density at radius 1 is 1.52 bits per heavy atom. The third kappa shape index (κ3) is 2.98. The van der Waals surface area contributed by atoms with Crippen LogP contribution in [0, 0.1) is 23.0 Å². The third-order valence-electron chi connectivity index (χ3n) is 3.85. The molecule has 0 unspecified atom stereocenters. The number of carbonyl (C=O) groups is 1. The SMILES string of the molecule is Cc1nn(C(C)C)c(N[C@H]2CC[C@@H](C(=O)O)C2)c1[N+](=O)[O-]. The molecular weight excluding hydrogens is 276 g/mol. The Morgan fingerprint density at radius 3 is 2.67 bits per heavy atom. The summed E-state index contributed by atoms with van der Waals surface area (Å²) in [4.78, 5) is 21.8. The lowest BCUT2D eigenvalue weighted by atomic mass is 10.1. The van der Waals surface area contributed by atoms with Crippen LogP contribution in [0.25, 0.3) is 0 Å². The summed E-state index contributed by atoms with van der Waals surface area (Å²) in [6, 6.07) is -0.0880. The van der Waals surface area contributed by atoms with Gasteiger partial charge in [-0.05, 0) is 40.0 Å². The van der Waals surface area contributed by atoms with Crippen LogP contribution in [0.3, 0.4) is 0 Å². The quantitative estimate of drug-likeness (QED) is 0.637. The first-order valence-electron chi connectivity index (χ1n) is 7.04. The lowest BCUT2D eigenvalue weighted by molar-refractivity contribution is -0.384. The molecule has 2 atom stereocenters. The van der Waals surface area contributed by atoms with Gasteiger partial charge in [-0.25, -0.2) is 4.68 Å². The van der Waals surface area contributed by atoms with Crippen LogP contribution in [-0.4, -0.2) is 31.8 Å². The summed E-state index contributed by atoms with van der Waals surface area (Å²) >= 11 is 0. The van der Waals surface area contributed by atoms with Gasteiger partial charge in [0.15, 0.2) is 0 Å². The molecule has 1 saturated carbocycles. The highest BCUT2D eigenvalue weighted by Gasteiger charge is 2.33. The molecule has 21 heavy (non-hydrogen) atoms. The second-order valence-corrected chi connectivity index (χ2v) is 5.77. The average Bonchev–Trinajstić information content (AvgIpc) is 2.94. The Balaban J connectivity index is 2.27. The van der Waals surface area contributed by atoms with Gasteiger partial charge < -0.3 is 10.4 Å². The number of nitrogens with one attached hydrogen (secondary N) is 1. The molecule has 0 saturated heterocycles. The minimum atomic E-state index is -0.803. The molecule has 0 aromatic carbocycles. The van der Waals surface area contributed by atoms with E-state index in [4.69, 9.17) is 5.11 Å². The molecule has 0 radical (unpaired) electrons. The van der Waals surface area contributed by atoms with Crippen molar-refractivity contribution in [2.24, 2.45) is 5.92 Å². The van der Waals surface area contributed by atoms with Crippen LogP contribution in [0.5, 0.6) is 0 Å².